The van der Waals surface area contributed by atoms with Crippen LogP contribution in [0.3, 0.4) is 0 Å². The summed E-state index contributed by atoms with van der Waals surface area (Å²) in [7, 11) is 0. The lowest BCUT2D eigenvalue weighted by atomic mass is 9.99. The summed E-state index contributed by atoms with van der Waals surface area (Å²) in [6, 6.07) is 4.33. The Kier molecular flexibility index (Phi) is 4.69. The predicted octanol–water partition coefficient (Wildman–Crippen LogP) is 2.87. The maximum Gasteiger partial charge on any atom is 0.228 e. The molecular weight excluding hydrogens is 310 g/mol. The molecule has 1 amide bonds. The number of nitrogens with zero attached hydrogens (tertiary/aromatic N) is 1. The van der Waals surface area contributed by atoms with Gasteiger partial charge in [-0.25, -0.2) is 0 Å². The standard InChI is InChI=1S/C18H25NO3S/c20-18(10-15-2-1-9-23-15)19-8-7-17-16(19)6-5-14(22-17)12-21-11-13-3-4-13/h1-2,9,13-14,16-17H,3-8,10-12H2/t14?,16-,17-/m0/s1. The van der Waals surface area contributed by atoms with Crippen LogP contribution < -0.4 is 0 Å². The summed E-state index contributed by atoms with van der Waals surface area (Å²) >= 11 is 1.66. The van der Waals surface area contributed by atoms with Crippen LogP contribution in [-0.2, 0) is 20.7 Å². The van der Waals surface area contributed by atoms with E-state index in [1.54, 1.807) is 11.3 Å². The van der Waals surface area contributed by atoms with Gasteiger partial charge in [-0.05, 0) is 49.5 Å². The lowest BCUT2D eigenvalue weighted by molar-refractivity contribution is -0.138. The molecule has 1 aromatic heterocycles. The van der Waals surface area contributed by atoms with E-state index in [9.17, 15) is 4.79 Å². The summed E-state index contributed by atoms with van der Waals surface area (Å²) in [6.07, 6.45) is 6.67. The van der Waals surface area contributed by atoms with Crippen LogP contribution in [0.2, 0.25) is 0 Å². The lowest BCUT2D eigenvalue weighted by Crippen LogP contribution is -2.46. The molecule has 23 heavy (non-hydrogen) atoms. The Morgan fingerprint density at radius 1 is 1.26 bits per heavy atom. The van der Waals surface area contributed by atoms with Crippen molar-refractivity contribution in [3.05, 3.63) is 22.4 Å². The second-order valence-corrected chi connectivity index (χ2v) is 8.09. The molecule has 4 rings (SSSR count). The van der Waals surface area contributed by atoms with Crippen LogP contribution in [0.5, 0.6) is 0 Å². The van der Waals surface area contributed by atoms with Crippen molar-refractivity contribution in [1.82, 2.24) is 4.90 Å². The van der Waals surface area contributed by atoms with Gasteiger partial charge in [-0.15, -0.1) is 11.3 Å². The van der Waals surface area contributed by atoms with Crippen molar-refractivity contribution in [3.63, 3.8) is 0 Å². The number of ether oxygens (including phenoxy) is 2. The fourth-order valence-electron chi connectivity index (χ4n) is 3.74. The quantitative estimate of drug-likeness (QED) is 0.802. The molecule has 0 aromatic carbocycles. The van der Waals surface area contributed by atoms with Crippen molar-refractivity contribution in [2.45, 2.75) is 56.8 Å². The minimum atomic E-state index is 0.213. The third-order valence-electron chi connectivity index (χ3n) is 5.22. The van der Waals surface area contributed by atoms with E-state index in [-0.39, 0.29) is 24.2 Å². The molecule has 0 radical (unpaired) electrons. The van der Waals surface area contributed by atoms with E-state index >= 15 is 0 Å². The fourth-order valence-corrected chi connectivity index (χ4v) is 4.44. The fraction of sp³-hybridized carbons (Fsp3) is 0.722. The third kappa shape index (κ3) is 3.78. The number of hydrogen-bond acceptors (Lipinski definition) is 4. The lowest BCUT2D eigenvalue weighted by Gasteiger charge is -2.36. The number of rotatable bonds is 6. The average Bonchev–Trinajstić information content (AvgIpc) is 3.07. The second kappa shape index (κ2) is 6.91. The molecule has 1 aromatic rings. The number of likely N-dealkylation sites (tertiary alicyclic amines) is 1. The van der Waals surface area contributed by atoms with Crippen LogP contribution in [0.15, 0.2) is 17.5 Å². The number of fused-ring (bicyclic) bond motifs is 1. The molecular formula is C18H25NO3S. The van der Waals surface area contributed by atoms with Gasteiger partial charge in [-0.2, -0.15) is 0 Å². The van der Waals surface area contributed by atoms with Crippen LogP contribution in [0, 0.1) is 5.92 Å². The first-order valence-electron chi connectivity index (χ1n) is 8.84. The zero-order chi connectivity index (χ0) is 15.6. The second-order valence-electron chi connectivity index (χ2n) is 7.05. The molecule has 3 fully saturated rings. The van der Waals surface area contributed by atoms with Gasteiger partial charge >= 0.3 is 0 Å². The average molecular weight is 335 g/mol. The van der Waals surface area contributed by atoms with Gasteiger partial charge in [0.25, 0.3) is 0 Å². The highest BCUT2D eigenvalue weighted by Crippen LogP contribution is 2.33. The van der Waals surface area contributed by atoms with Crippen molar-refractivity contribution in [2.75, 3.05) is 19.8 Å². The monoisotopic (exact) mass is 335 g/mol. The minimum absolute atomic E-state index is 0.213. The minimum Gasteiger partial charge on any atom is -0.378 e. The maximum atomic E-state index is 12.6. The van der Waals surface area contributed by atoms with Gasteiger partial charge in [-0.1, -0.05) is 6.07 Å². The Hall–Kier alpha value is -0.910. The zero-order valence-corrected chi connectivity index (χ0v) is 14.3. The van der Waals surface area contributed by atoms with Crippen molar-refractivity contribution in [1.29, 1.82) is 0 Å². The normalized spacial score (nSPS) is 30.4. The molecule has 1 aliphatic carbocycles. The van der Waals surface area contributed by atoms with Gasteiger partial charge in [-0.3, -0.25) is 4.79 Å². The van der Waals surface area contributed by atoms with E-state index in [1.165, 1.54) is 12.8 Å². The van der Waals surface area contributed by atoms with Gasteiger partial charge in [0.2, 0.25) is 5.91 Å². The molecule has 3 atom stereocenters. The maximum absolute atomic E-state index is 12.6. The molecule has 1 unspecified atom stereocenters. The number of thiophene rings is 1. The van der Waals surface area contributed by atoms with Crippen molar-refractivity contribution < 1.29 is 14.3 Å². The van der Waals surface area contributed by atoms with E-state index < -0.39 is 0 Å². The van der Waals surface area contributed by atoms with E-state index in [0.29, 0.717) is 6.42 Å². The molecule has 0 N–H and O–H groups in total. The SMILES string of the molecule is O=C(Cc1cccs1)N1CC[C@@H]2OC(COCC3CC3)CC[C@@H]21. The summed E-state index contributed by atoms with van der Waals surface area (Å²) in [4.78, 5) is 15.8. The van der Waals surface area contributed by atoms with Crippen LogP contribution >= 0.6 is 11.3 Å². The highest BCUT2D eigenvalue weighted by molar-refractivity contribution is 7.10. The predicted molar refractivity (Wildman–Crippen MR) is 89.6 cm³/mol. The van der Waals surface area contributed by atoms with Crippen molar-refractivity contribution >= 4 is 17.2 Å². The number of amides is 1. The molecule has 4 nitrogen and oxygen atoms in total. The summed E-state index contributed by atoms with van der Waals surface area (Å²) in [5.74, 6) is 1.06. The first-order chi connectivity index (χ1) is 11.3. The molecule has 0 spiro atoms. The van der Waals surface area contributed by atoms with E-state index in [1.807, 2.05) is 17.5 Å². The molecule has 1 saturated carbocycles. The summed E-state index contributed by atoms with van der Waals surface area (Å²) in [5.41, 5.74) is 0. The first-order valence-corrected chi connectivity index (χ1v) is 9.72. The van der Waals surface area contributed by atoms with E-state index in [0.717, 1.165) is 49.8 Å². The molecule has 3 aliphatic rings. The first kappa shape index (κ1) is 15.6. The van der Waals surface area contributed by atoms with Crippen LogP contribution in [0.1, 0.15) is 37.0 Å². The van der Waals surface area contributed by atoms with E-state index in [4.69, 9.17) is 9.47 Å². The van der Waals surface area contributed by atoms with Gasteiger partial charge in [0.15, 0.2) is 0 Å². The van der Waals surface area contributed by atoms with Gasteiger partial charge < -0.3 is 14.4 Å². The molecule has 3 heterocycles. The van der Waals surface area contributed by atoms with Crippen LogP contribution in [0.25, 0.3) is 0 Å². The molecule has 126 valence electrons. The Bertz CT molecular complexity index is 528. The smallest absolute Gasteiger partial charge is 0.228 e. The third-order valence-corrected chi connectivity index (χ3v) is 6.09. The molecule has 2 saturated heterocycles. The molecule has 5 heteroatoms. The number of hydrogen-bond donors (Lipinski definition) is 0. The highest BCUT2D eigenvalue weighted by Gasteiger charge is 2.41. The number of carbonyl (C=O) groups excluding carboxylic acids is 1. The topological polar surface area (TPSA) is 38.8 Å². The van der Waals surface area contributed by atoms with Crippen LogP contribution in [0.4, 0.5) is 0 Å². The Morgan fingerprint density at radius 2 is 2.17 bits per heavy atom. The summed E-state index contributed by atoms with van der Waals surface area (Å²) in [6.45, 7) is 2.47. The summed E-state index contributed by atoms with van der Waals surface area (Å²) in [5, 5.41) is 2.03. The number of carbonyl (C=O) groups is 1. The van der Waals surface area contributed by atoms with Crippen LogP contribution in [-0.4, -0.2) is 48.8 Å². The largest absolute Gasteiger partial charge is 0.378 e. The Balaban J connectivity index is 1.26. The van der Waals surface area contributed by atoms with Crippen molar-refractivity contribution in [3.8, 4) is 0 Å². The summed E-state index contributed by atoms with van der Waals surface area (Å²) < 4.78 is 12.0. The Morgan fingerprint density at radius 3 is 2.96 bits per heavy atom. The van der Waals surface area contributed by atoms with E-state index in [2.05, 4.69) is 4.90 Å². The molecule has 0 bridgehead atoms. The molecule has 2 aliphatic heterocycles. The van der Waals surface area contributed by atoms with Gasteiger partial charge in [0.05, 0.1) is 31.3 Å². The van der Waals surface area contributed by atoms with Gasteiger partial charge in [0.1, 0.15) is 0 Å². The zero-order valence-electron chi connectivity index (χ0n) is 13.5. The Labute approximate surface area is 141 Å². The highest BCUT2D eigenvalue weighted by atomic mass is 32.1. The van der Waals surface area contributed by atoms with Gasteiger partial charge in [0, 0.05) is 18.0 Å². The van der Waals surface area contributed by atoms with Crippen molar-refractivity contribution in [2.24, 2.45) is 5.92 Å².